The van der Waals surface area contributed by atoms with Crippen LogP contribution >= 0.6 is 0 Å². The Morgan fingerprint density at radius 2 is 2.03 bits per heavy atom. The predicted molar refractivity (Wildman–Crippen MR) is 101 cm³/mol. The molecule has 0 aromatic carbocycles. The number of carbonyl (C=O) groups is 1. The summed E-state index contributed by atoms with van der Waals surface area (Å²) in [6.45, 7) is 2.07. The Morgan fingerprint density at radius 3 is 2.76 bits per heavy atom. The van der Waals surface area contributed by atoms with Crippen molar-refractivity contribution in [1.82, 2.24) is 25.1 Å². The molecule has 0 radical (unpaired) electrons. The van der Waals surface area contributed by atoms with Crippen molar-refractivity contribution in [3.05, 3.63) is 35.8 Å². The second kappa shape index (κ2) is 7.46. The van der Waals surface area contributed by atoms with Gasteiger partial charge in [0.2, 0.25) is 0 Å². The summed E-state index contributed by atoms with van der Waals surface area (Å²) < 4.78 is 28.1. The van der Waals surface area contributed by atoms with Crippen LogP contribution in [0.2, 0.25) is 0 Å². The number of pyridine rings is 1. The number of fused-ring (bicyclic) bond motifs is 1. The summed E-state index contributed by atoms with van der Waals surface area (Å²) >= 11 is 0. The largest absolute Gasteiger partial charge is 0.481 e. The number of aliphatic carboxylic acids is 1. The number of hydrogen-bond donors (Lipinski definition) is 2. The van der Waals surface area contributed by atoms with E-state index in [-0.39, 0.29) is 35.7 Å². The van der Waals surface area contributed by atoms with Gasteiger partial charge in [-0.3, -0.25) is 9.89 Å². The molecule has 0 bridgehead atoms. The number of carboxylic acids is 1. The Kier molecular flexibility index (Phi) is 4.97. The number of halogens is 2. The van der Waals surface area contributed by atoms with Crippen LogP contribution in [0.15, 0.2) is 18.5 Å². The van der Waals surface area contributed by atoms with E-state index in [1.54, 1.807) is 0 Å². The molecule has 7 nitrogen and oxygen atoms in total. The summed E-state index contributed by atoms with van der Waals surface area (Å²) in [6, 6.07) is 1.26. The number of aromatic amines is 1. The molecule has 1 fully saturated rings. The molecule has 1 atom stereocenters. The molecule has 4 rings (SSSR count). The van der Waals surface area contributed by atoms with Gasteiger partial charge in [-0.05, 0) is 36.7 Å². The van der Waals surface area contributed by atoms with E-state index in [0.29, 0.717) is 16.7 Å². The van der Waals surface area contributed by atoms with E-state index >= 15 is 0 Å². The van der Waals surface area contributed by atoms with E-state index in [9.17, 15) is 18.7 Å². The minimum absolute atomic E-state index is 0.0443. The molecule has 1 aliphatic carbocycles. The summed E-state index contributed by atoms with van der Waals surface area (Å²) in [6.07, 6.45) is 6.20. The Balaban J connectivity index is 1.70. The second-order valence-corrected chi connectivity index (χ2v) is 7.97. The van der Waals surface area contributed by atoms with Crippen LogP contribution in [-0.4, -0.2) is 36.2 Å². The fraction of sp³-hybridized carbons (Fsp3) is 0.450. The van der Waals surface area contributed by atoms with Crippen LogP contribution in [0.1, 0.15) is 44.7 Å². The standard InChI is InChI=1S/C20H21F2N5O2/c1-20(4-2-3-5-20)11(7-16(28)29)6-15-14(22)10-24-19(25-15)17-13-8-12(21)9-23-18(13)27-26-17/h8-11H,2-7H2,1H3,(H,28,29)(H,23,26,27). The van der Waals surface area contributed by atoms with Gasteiger partial charge in [-0.2, -0.15) is 5.10 Å². The highest BCUT2D eigenvalue weighted by Crippen LogP contribution is 2.46. The molecule has 0 amide bonds. The predicted octanol–water partition coefficient (Wildman–Crippen LogP) is 3.91. The molecule has 3 aromatic heterocycles. The molecule has 29 heavy (non-hydrogen) atoms. The molecule has 0 saturated heterocycles. The topological polar surface area (TPSA) is 105 Å². The number of rotatable bonds is 6. The lowest BCUT2D eigenvalue weighted by Gasteiger charge is -2.33. The Morgan fingerprint density at radius 1 is 1.28 bits per heavy atom. The van der Waals surface area contributed by atoms with E-state index in [0.717, 1.165) is 38.1 Å². The van der Waals surface area contributed by atoms with Gasteiger partial charge >= 0.3 is 5.97 Å². The van der Waals surface area contributed by atoms with Crippen molar-refractivity contribution in [2.45, 2.75) is 45.4 Å². The number of nitrogens with zero attached hydrogens (tertiary/aromatic N) is 4. The quantitative estimate of drug-likeness (QED) is 0.649. The fourth-order valence-corrected chi connectivity index (χ4v) is 4.31. The molecule has 1 unspecified atom stereocenters. The SMILES string of the molecule is CC1(C(CC(=O)O)Cc2nc(-c3[nH]nc4ncc(F)cc34)ncc2F)CCCC1. The van der Waals surface area contributed by atoms with Crippen LogP contribution in [0.4, 0.5) is 8.78 Å². The van der Waals surface area contributed by atoms with Crippen LogP contribution in [0.3, 0.4) is 0 Å². The van der Waals surface area contributed by atoms with Crippen molar-refractivity contribution in [3.8, 4) is 11.5 Å². The lowest BCUT2D eigenvalue weighted by molar-refractivity contribution is -0.139. The molecule has 2 N–H and O–H groups in total. The number of aromatic nitrogens is 5. The Bertz CT molecular complexity index is 1060. The van der Waals surface area contributed by atoms with Gasteiger partial charge in [0.1, 0.15) is 11.5 Å². The highest BCUT2D eigenvalue weighted by atomic mass is 19.1. The zero-order valence-corrected chi connectivity index (χ0v) is 16.0. The van der Waals surface area contributed by atoms with E-state index < -0.39 is 17.6 Å². The van der Waals surface area contributed by atoms with Crippen LogP contribution in [0.5, 0.6) is 0 Å². The van der Waals surface area contributed by atoms with Gasteiger partial charge in [0.05, 0.1) is 23.5 Å². The van der Waals surface area contributed by atoms with Crippen LogP contribution in [0, 0.1) is 23.0 Å². The van der Waals surface area contributed by atoms with Crippen molar-refractivity contribution in [2.24, 2.45) is 11.3 Å². The number of carboxylic acid groups (broad SMARTS) is 1. The highest BCUT2D eigenvalue weighted by molar-refractivity contribution is 5.88. The highest BCUT2D eigenvalue weighted by Gasteiger charge is 2.38. The van der Waals surface area contributed by atoms with E-state index in [1.807, 2.05) is 0 Å². The van der Waals surface area contributed by atoms with Gasteiger partial charge in [0.15, 0.2) is 17.3 Å². The van der Waals surface area contributed by atoms with Gasteiger partial charge in [-0.15, -0.1) is 0 Å². The smallest absolute Gasteiger partial charge is 0.303 e. The lowest BCUT2D eigenvalue weighted by Crippen LogP contribution is -2.29. The molecule has 1 aliphatic rings. The van der Waals surface area contributed by atoms with Gasteiger partial charge in [-0.25, -0.2) is 23.7 Å². The van der Waals surface area contributed by atoms with Crippen molar-refractivity contribution in [3.63, 3.8) is 0 Å². The third-order valence-corrected chi connectivity index (χ3v) is 6.01. The molecule has 0 spiro atoms. The molecular formula is C20H21F2N5O2. The summed E-state index contributed by atoms with van der Waals surface area (Å²) in [4.78, 5) is 23.7. The van der Waals surface area contributed by atoms with Gasteiger partial charge in [0, 0.05) is 6.42 Å². The fourth-order valence-electron chi connectivity index (χ4n) is 4.31. The van der Waals surface area contributed by atoms with Crippen molar-refractivity contribution < 1.29 is 18.7 Å². The monoisotopic (exact) mass is 401 g/mol. The van der Waals surface area contributed by atoms with Crippen LogP contribution < -0.4 is 0 Å². The zero-order chi connectivity index (χ0) is 20.6. The van der Waals surface area contributed by atoms with Crippen molar-refractivity contribution in [2.75, 3.05) is 0 Å². The zero-order valence-electron chi connectivity index (χ0n) is 16.0. The van der Waals surface area contributed by atoms with Crippen molar-refractivity contribution in [1.29, 1.82) is 0 Å². The Labute approximate surface area is 165 Å². The van der Waals surface area contributed by atoms with E-state index in [4.69, 9.17) is 0 Å². The van der Waals surface area contributed by atoms with Crippen LogP contribution in [0.25, 0.3) is 22.6 Å². The molecule has 3 aromatic rings. The minimum Gasteiger partial charge on any atom is -0.481 e. The van der Waals surface area contributed by atoms with Crippen molar-refractivity contribution >= 4 is 17.0 Å². The first-order valence-corrected chi connectivity index (χ1v) is 9.59. The van der Waals surface area contributed by atoms with E-state index in [2.05, 4.69) is 32.1 Å². The normalized spacial score (nSPS) is 16.9. The first-order valence-electron chi connectivity index (χ1n) is 9.59. The molecule has 152 valence electrons. The van der Waals surface area contributed by atoms with Crippen LogP contribution in [-0.2, 0) is 11.2 Å². The van der Waals surface area contributed by atoms with Gasteiger partial charge < -0.3 is 5.11 Å². The third kappa shape index (κ3) is 3.81. The summed E-state index contributed by atoms with van der Waals surface area (Å²) in [5.41, 5.74) is 0.638. The van der Waals surface area contributed by atoms with E-state index in [1.165, 1.54) is 6.07 Å². The molecular weight excluding hydrogens is 380 g/mol. The summed E-state index contributed by atoms with van der Waals surface area (Å²) in [5, 5.41) is 16.5. The lowest BCUT2D eigenvalue weighted by atomic mass is 9.72. The first kappa shape index (κ1) is 19.4. The average molecular weight is 401 g/mol. The maximum atomic E-state index is 14.5. The van der Waals surface area contributed by atoms with Gasteiger partial charge in [-0.1, -0.05) is 19.8 Å². The average Bonchev–Trinajstić information content (AvgIpc) is 3.29. The number of hydrogen-bond acceptors (Lipinski definition) is 5. The second-order valence-electron chi connectivity index (χ2n) is 7.97. The molecule has 3 heterocycles. The first-order chi connectivity index (χ1) is 13.9. The summed E-state index contributed by atoms with van der Waals surface area (Å²) in [7, 11) is 0. The number of nitrogens with one attached hydrogen (secondary N) is 1. The molecule has 0 aliphatic heterocycles. The molecule has 9 heteroatoms. The summed E-state index contributed by atoms with van der Waals surface area (Å²) in [5.74, 6) is -2.09. The van der Waals surface area contributed by atoms with Gasteiger partial charge in [0.25, 0.3) is 0 Å². The minimum atomic E-state index is -0.904. The molecule has 1 saturated carbocycles. The number of H-pyrrole nitrogens is 1. The Hall–Kier alpha value is -2.97. The maximum absolute atomic E-state index is 14.5. The third-order valence-electron chi connectivity index (χ3n) is 6.01. The maximum Gasteiger partial charge on any atom is 0.303 e.